The van der Waals surface area contributed by atoms with E-state index in [-0.39, 0.29) is 0 Å². The lowest BCUT2D eigenvalue weighted by atomic mass is 9.93. The van der Waals surface area contributed by atoms with E-state index in [9.17, 15) is 11.8 Å². The zero-order valence-electron chi connectivity index (χ0n) is 53.4. The van der Waals surface area contributed by atoms with Crippen molar-refractivity contribution in [2.45, 2.75) is 0 Å². The zero-order chi connectivity index (χ0) is 65.6. The molecule has 6 aromatic heterocycles. The standard InChI is InChI=1S/C92H50N6S2/c1-94-84-89(96-76-38-14-8-29-63(76)64-30-9-15-39-77(64)96)86(98-79-51-56(59-33-19-24-55-44-43-54-22-3-5-26-58(54)82(55)59)45-46-65(79)69-47-48-70-66-31-10-16-41-80(66)99-91(70)87(69)98)73(52-93)85(95-74-36-12-6-27-61(74)62-28-7-13-37-75(62)95)90(84)97-78-40-20-35-68(60-34-18-23-53-21-2-4-25-57(53)60)83(78)72-50-49-71-67-32-11-17-42-81(67)100-92(71)88(72)97/h2-51H. The van der Waals surface area contributed by atoms with E-state index >= 15 is 0 Å². The molecule has 0 saturated heterocycles. The molecular weight excluding hydrogens is 1250 g/mol. The summed E-state index contributed by atoms with van der Waals surface area (Å²) in [4.78, 5) is 5.19. The number of thiophene rings is 2. The Hall–Kier alpha value is -13.1. The monoisotopic (exact) mass is 1300 g/mol. The second-order valence-electron chi connectivity index (χ2n) is 26.3. The van der Waals surface area contributed by atoms with E-state index in [1.807, 2.05) is 0 Å². The van der Waals surface area contributed by atoms with Crippen LogP contribution in [0.4, 0.5) is 5.69 Å². The summed E-state index contributed by atoms with van der Waals surface area (Å²) in [5, 5.41) is 33.5. The largest absolute Gasteiger partial charge is 0.317 e. The summed E-state index contributed by atoms with van der Waals surface area (Å²) in [5.74, 6) is 0. The summed E-state index contributed by atoms with van der Waals surface area (Å²) in [7, 11) is 0. The number of fused-ring (bicyclic) bond motifs is 24. The van der Waals surface area contributed by atoms with Crippen LogP contribution < -0.4 is 0 Å². The Balaban J connectivity index is 1.02. The van der Waals surface area contributed by atoms with Crippen molar-refractivity contribution < 1.29 is 0 Å². The lowest BCUT2D eigenvalue weighted by Crippen LogP contribution is -2.14. The number of rotatable bonds is 6. The van der Waals surface area contributed by atoms with Gasteiger partial charge in [0.15, 0.2) is 0 Å². The zero-order valence-corrected chi connectivity index (χ0v) is 55.0. The highest BCUT2D eigenvalue weighted by atomic mass is 32.1. The van der Waals surface area contributed by atoms with E-state index in [4.69, 9.17) is 4.85 Å². The van der Waals surface area contributed by atoms with Gasteiger partial charge in [-0.15, -0.1) is 22.7 Å². The molecule has 8 heteroatoms. The van der Waals surface area contributed by atoms with Gasteiger partial charge >= 0.3 is 0 Å². The van der Waals surface area contributed by atoms with Crippen LogP contribution >= 0.6 is 22.7 Å². The smallest absolute Gasteiger partial charge is 0.238 e. The summed E-state index contributed by atoms with van der Waals surface area (Å²) in [6, 6.07) is 113. The normalized spacial score (nSPS) is 12.2. The average molecular weight is 1300 g/mol. The van der Waals surface area contributed by atoms with Gasteiger partial charge in [0.05, 0.1) is 82.9 Å². The van der Waals surface area contributed by atoms with Crippen LogP contribution in [0, 0.1) is 17.9 Å². The molecule has 0 aliphatic heterocycles. The van der Waals surface area contributed by atoms with Gasteiger partial charge in [-0.05, 0) is 103 Å². The van der Waals surface area contributed by atoms with Gasteiger partial charge < -0.3 is 18.3 Å². The van der Waals surface area contributed by atoms with Gasteiger partial charge in [0.1, 0.15) is 11.6 Å². The SMILES string of the molecule is [C-]#[N+]c1c(-n2c3ccccc3c3ccccc32)c(-n2c3cc(-c4cccc5ccc6ccccc6c45)ccc3c3ccc4c5ccccc5sc4c32)c(C#N)c(-n2c3ccccc3c3ccccc32)c1-n1c2cccc(-c3cccc4ccccc34)c2c2ccc3c4ccccc4sc3c21. The molecule has 0 atom stereocenters. The Morgan fingerprint density at radius 1 is 0.290 bits per heavy atom. The molecule has 16 aromatic carbocycles. The molecule has 22 rings (SSSR count). The van der Waals surface area contributed by atoms with Crippen molar-refractivity contribution in [3.05, 3.63) is 320 Å². The first-order valence-corrected chi connectivity index (χ1v) is 35.4. The van der Waals surface area contributed by atoms with E-state index in [1.165, 1.54) is 20.9 Å². The second kappa shape index (κ2) is 20.7. The summed E-state index contributed by atoms with van der Waals surface area (Å²) >= 11 is 3.57. The maximum absolute atomic E-state index is 13.6. The lowest BCUT2D eigenvalue weighted by molar-refractivity contribution is 1.04. The van der Waals surface area contributed by atoms with E-state index < -0.39 is 0 Å². The Kier molecular flexibility index (Phi) is 11.4. The Bertz CT molecular complexity index is 7400. The Labute approximate surface area is 579 Å². The highest BCUT2D eigenvalue weighted by molar-refractivity contribution is 7.27. The van der Waals surface area contributed by atoms with Crippen molar-refractivity contribution in [2.75, 3.05) is 0 Å². The predicted molar refractivity (Wildman–Crippen MR) is 424 cm³/mol. The number of nitrogens with zero attached hydrogens (tertiary/aromatic N) is 6. The van der Waals surface area contributed by atoms with Gasteiger partial charge in [0, 0.05) is 74.0 Å². The van der Waals surface area contributed by atoms with Crippen molar-refractivity contribution >= 4 is 188 Å². The molecule has 460 valence electrons. The molecule has 6 nitrogen and oxygen atoms in total. The fourth-order valence-electron chi connectivity index (χ4n) is 17.3. The summed E-state index contributed by atoms with van der Waals surface area (Å²) in [5.41, 5.74) is 15.0. The molecule has 0 unspecified atom stereocenters. The van der Waals surface area contributed by atoms with Crippen LogP contribution in [0.2, 0.25) is 0 Å². The number of aromatic nitrogens is 4. The van der Waals surface area contributed by atoms with Gasteiger partial charge in [0.25, 0.3) is 0 Å². The minimum Gasteiger partial charge on any atom is -0.317 e. The highest BCUT2D eigenvalue weighted by Gasteiger charge is 2.36. The lowest BCUT2D eigenvalue weighted by Gasteiger charge is -2.27. The number of para-hydroxylation sites is 4. The van der Waals surface area contributed by atoms with Crippen LogP contribution in [-0.2, 0) is 0 Å². The number of benzene rings is 16. The molecule has 22 aromatic rings. The average Bonchev–Trinajstić information content (AvgIpc) is 1.46. The molecule has 0 aliphatic carbocycles. The topological polar surface area (TPSA) is 47.9 Å². The fraction of sp³-hybridized carbons (Fsp3) is 0. The van der Waals surface area contributed by atoms with Gasteiger partial charge in [-0.2, -0.15) is 5.26 Å². The van der Waals surface area contributed by atoms with Crippen LogP contribution in [0.15, 0.2) is 303 Å². The van der Waals surface area contributed by atoms with Crippen LogP contribution in [0.25, 0.3) is 210 Å². The minimum atomic E-state index is 0.389. The number of nitriles is 1. The van der Waals surface area contributed by atoms with Gasteiger partial charge in [-0.25, -0.2) is 4.85 Å². The molecule has 0 aliphatic rings. The van der Waals surface area contributed by atoms with Crippen molar-refractivity contribution in [3.63, 3.8) is 0 Å². The van der Waals surface area contributed by atoms with Crippen molar-refractivity contribution in [1.82, 2.24) is 18.3 Å². The quantitative estimate of drug-likeness (QED) is 0.121. The molecular formula is C92H50N6S2. The molecule has 0 saturated carbocycles. The van der Waals surface area contributed by atoms with Crippen molar-refractivity contribution in [3.8, 4) is 51.1 Å². The van der Waals surface area contributed by atoms with E-state index in [2.05, 4.69) is 328 Å². The summed E-state index contributed by atoms with van der Waals surface area (Å²) in [6.45, 7) is 10.6. The molecule has 0 radical (unpaired) electrons. The van der Waals surface area contributed by atoms with E-state index in [1.54, 1.807) is 22.7 Å². The molecule has 0 fully saturated rings. The molecule has 0 amide bonds. The van der Waals surface area contributed by atoms with Crippen molar-refractivity contribution in [2.24, 2.45) is 0 Å². The third-order valence-electron chi connectivity index (χ3n) is 21.4. The molecule has 6 heterocycles. The van der Waals surface area contributed by atoms with Gasteiger partial charge in [0.2, 0.25) is 5.69 Å². The molecule has 0 spiro atoms. The van der Waals surface area contributed by atoms with Crippen LogP contribution in [0.5, 0.6) is 0 Å². The molecule has 0 N–H and O–H groups in total. The van der Waals surface area contributed by atoms with Crippen LogP contribution in [-0.4, -0.2) is 18.3 Å². The highest BCUT2D eigenvalue weighted by Crippen LogP contribution is 2.56. The van der Waals surface area contributed by atoms with Crippen LogP contribution in [0.1, 0.15) is 5.56 Å². The predicted octanol–water partition coefficient (Wildman–Crippen LogP) is 26.0. The van der Waals surface area contributed by atoms with Gasteiger partial charge in [-0.1, -0.05) is 255 Å². The summed E-state index contributed by atoms with van der Waals surface area (Å²) < 4.78 is 14.0. The fourth-order valence-corrected chi connectivity index (χ4v) is 19.8. The van der Waals surface area contributed by atoms with E-state index in [0.717, 1.165) is 161 Å². The minimum absolute atomic E-state index is 0.389. The third kappa shape index (κ3) is 7.37. The van der Waals surface area contributed by atoms with Crippen LogP contribution in [0.3, 0.4) is 0 Å². The summed E-state index contributed by atoms with van der Waals surface area (Å²) in [6.07, 6.45) is 0. The first-order chi connectivity index (χ1) is 49.6. The van der Waals surface area contributed by atoms with E-state index in [0.29, 0.717) is 34.0 Å². The Morgan fingerprint density at radius 2 is 0.700 bits per heavy atom. The number of hydrogen-bond donors (Lipinski definition) is 0. The van der Waals surface area contributed by atoms with Gasteiger partial charge in [-0.3, -0.25) is 0 Å². The number of hydrogen-bond acceptors (Lipinski definition) is 3. The maximum atomic E-state index is 13.6. The Morgan fingerprint density at radius 3 is 1.32 bits per heavy atom. The molecule has 100 heavy (non-hydrogen) atoms. The first-order valence-electron chi connectivity index (χ1n) is 33.7. The van der Waals surface area contributed by atoms with Crippen molar-refractivity contribution in [1.29, 1.82) is 5.26 Å². The molecule has 0 bridgehead atoms. The maximum Gasteiger partial charge on any atom is 0.238 e. The second-order valence-corrected chi connectivity index (χ2v) is 28.4. The first kappa shape index (κ1) is 55.1. The third-order valence-corrected chi connectivity index (χ3v) is 23.8.